The summed E-state index contributed by atoms with van der Waals surface area (Å²) < 4.78 is 10.3. The van der Waals surface area contributed by atoms with Gasteiger partial charge in [0, 0.05) is 6.61 Å². The Balaban J connectivity index is 3.20. The molecule has 0 fully saturated rings. The van der Waals surface area contributed by atoms with E-state index in [-0.39, 0.29) is 5.97 Å². The zero-order valence-corrected chi connectivity index (χ0v) is 13.1. The lowest BCUT2D eigenvalue weighted by atomic mass is 10.1. The molecule has 0 aromatic heterocycles. The van der Waals surface area contributed by atoms with Crippen molar-refractivity contribution in [3.05, 3.63) is 0 Å². The Labute approximate surface area is 119 Å². The number of carbonyl (C=O) groups excluding carboxylic acids is 1. The van der Waals surface area contributed by atoms with Crippen molar-refractivity contribution in [1.82, 2.24) is 0 Å². The topological polar surface area (TPSA) is 35.5 Å². The molecule has 0 rings (SSSR count). The summed E-state index contributed by atoms with van der Waals surface area (Å²) in [5, 5.41) is 0. The Kier molecular flexibility index (Phi) is 13.4. The van der Waals surface area contributed by atoms with Gasteiger partial charge in [-0.1, -0.05) is 58.3 Å². The van der Waals surface area contributed by atoms with Crippen molar-refractivity contribution in [2.24, 2.45) is 0 Å². The molecule has 0 saturated heterocycles. The van der Waals surface area contributed by atoms with Gasteiger partial charge >= 0.3 is 5.97 Å². The third-order valence-corrected chi connectivity index (χ3v) is 3.23. The van der Waals surface area contributed by atoms with Gasteiger partial charge in [0.15, 0.2) is 6.10 Å². The van der Waals surface area contributed by atoms with E-state index in [1.165, 1.54) is 51.4 Å². The highest BCUT2D eigenvalue weighted by Gasteiger charge is 2.13. The van der Waals surface area contributed by atoms with E-state index in [1.54, 1.807) is 6.92 Å². The molecule has 114 valence electrons. The fraction of sp³-hybridized carbons (Fsp3) is 0.938. The summed E-state index contributed by atoms with van der Waals surface area (Å²) in [6.45, 7) is 6.90. The van der Waals surface area contributed by atoms with Crippen LogP contribution in [0.4, 0.5) is 0 Å². The van der Waals surface area contributed by atoms with E-state index in [0.29, 0.717) is 13.2 Å². The highest BCUT2D eigenvalue weighted by molar-refractivity contribution is 5.74. The Hall–Kier alpha value is -0.570. The summed E-state index contributed by atoms with van der Waals surface area (Å²) in [6, 6.07) is 0. The second-order valence-corrected chi connectivity index (χ2v) is 5.09. The average molecular weight is 272 g/mol. The maximum absolute atomic E-state index is 11.3. The van der Waals surface area contributed by atoms with E-state index < -0.39 is 6.10 Å². The van der Waals surface area contributed by atoms with Crippen LogP contribution in [0.2, 0.25) is 0 Å². The number of carbonyl (C=O) groups is 1. The Morgan fingerprint density at radius 1 is 0.895 bits per heavy atom. The van der Waals surface area contributed by atoms with Gasteiger partial charge in [0.05, 0.1) is 6.61 Å². The Morgan fingerprint density at radius 3 is 1.95 bits per heavy atom. The molecule has 0 heterocycles. The molecule has 0 bridgehead atoms. The number of hydrogen-bond donors (Lipinski definition) is 0. The predicted octanol–water partition coefficient (Wildman–Crippen LogP) is 4.49. The summed E-state index contributed by atoms with van der Waals surface area (Å²) in [5.74, 6) is -0.251. The van der Waals surface area contributed by atoms with Gasteiger partial charge in [-0.15, -0.1) is 0 Å². The van der Waals surface area contributed by atoms with Crippen LogP contribution in [-0.4, -0.2) is 25.3 Å². The summed E-state index contributed by atoms with van der Waals surface area (Å²) in [7, 11) is 0. The second-order valence-electron chi connectivity index (χ2n) is 5.09. The van der Waals surface area contributed by atoms with Crippen molar-refractivity contribution in [3.63, 3.8) is 0 Å². The highest BCUT2D eigenvalue weighted by Crippen LogP contribution is 2.09. The molecule has 19 heavy (non-hydrogen) atoms. The summed E-state index contributed by atoms with van der Waals surface area (Å²) in [6.07, 6.45) is 11.2. The molecule has 0 aliphatic heterocycles. The zero-order chi connectivity index (χ0) is 14.3. The van der Waals surface area contributed by atoms with E-state index >= 15 is 0 Å². The Morgan fingerprint density at radius 2 is 1.42 bits per heavy atom. The average Bonchev–Trinajstić information content (AvgIpc) is 2.41. The highest BCUT2D eigenvalue weighted by atomic mass is 16.6. The number of hydrogen-bond acceptors (Lipinski definition) is 3. The van der Waals surface area contributed by atoms with Crippen molar-refractivity contribution in [3.8, 4) is 0 Å². The van der Waals surface area contributed by atoms with Crippen molar-refractivity contribution in [2.75, 3.05) is 13.2 Å². The molecule has 0 radical (unpaired) electrons. The van der Waals surface area contributed by atoms with E-state index in [4.69, 9.17) is 9.47 Å². The molecular weight excluding hydrogens is 240 g/mol. The monoisotopic (exact) mass is 272 g/mol. The maximum Gasteiger partial charge on any atom is 0.334 e. The van der Waals surface area contributed by atoms with Crippen LogP contribution in [-0.2, 0) is 14.3 Å². The first-order chi connectivity index (χ1) is 9.22. The molecule has 0 aliphatic carbocycles. The third-order valence-electron chi connectivity index (χ3n) is 3.23. The maximum atomic E-state index is 11.3. The normalized spacial score (nSPS) is 12.4. The van der Waals surface area contributed by atoms with Gasteiger partial charge in [0.2, 0.25) is 0 Å². The molecule has 0 spiro atoms. The minimum absolute atomic E-state index is 0.251. The quantitative estimate of drug-likeness (QED) is 0.366. The molecule has 0 N–H and O–H groups in total. The number of unbranched alkanes of at least 4 members (excludes halogenated alkanes) is 8. The van der Waals surface area contributed by atoms with Gasteiger partial charge in [0.1, 0.15) is 0 Å². The summed E-state index contributed by atoms with van der Waals surface area (Å²) in [4.78, 5) is 11.3. The van der Waals surface area contributed by atoms with Crippen molar-refractivity contribution in [1.29, 1.82) is 0 Å². The lowest BCUT2D eigenvalue weighted by molar-refractivity contribution is -0.155. The van der Waals surface area contributed by atoms with E-state index in [2.05, 4.69) is 6.92 Å². The first-order valence-corrected chi connectivity index (χ1v) is 8.00. The smallest absolute Gasteiger partial charge is 0.334 e. The fourth-order valence-corrected chi connectivity index (χ4v) is 2.00. The van der Waals surface area contributed by atoms with Crippen molar-refractivity contribution < 1.29 is 14.3 Å². The third kappa shape index (κ3) is 12.2. The predicted molar refractivity (Wildman–Crippen MR) is 79.3 cm³/mol. The van der Waals surface area contributed by atoms with Gasteiger partial charge in [-0.2, -0.15) is 0 Å². The van der Waals surface area contributed by atoms with Crippen LogP contribution < -0.4 is 0 Å². The van der Waals surface area contributed by atoms with Crippen molar-refractivity contribution >= 4 is 5.97 Å². The van der Waals surface area contributed by atoms with Gasteiger partial charge in [0.25, 0.3) is 0 Å². The van der Waals surface area contributed by atoms with Crippen LogP contribution in [0, 0.1) is 0 Å². The standard InChI is InChI=1S/C16H32O3/c1-4-6-7-8-9-10-11-12-13-14-19-15(3)16(17)18-5-2/h15H,4-14H2,1-3H3. The molecule has 0 aromatic rings. The van der Waals surface area contributed by atoms with E-state index in [9.17, 15) is 4.79 Å². The number of esters is 1. The van der Waals surface area contributed by atoms with Gasteiger partial charge in [-0.05, 0) is 20.3 Å². The first kappa shape index (κ1) is 18.4. The van der Waals surface area contributed by atoms with Crippen LogP contribution in [0.5, 0.6) is 0 Å². The minimum atomic E-state index is -0.422. The first-order valence-electron chi connectivity index (χ1n) is 8.00. The molecule has 0 aliphatic rings. The van der Waals surface area contributed by atoms with Crippen LogP contribution in [0.15, 0.2) is 0 Å². The fourth-order valence-electron chi connectivity index (χ4n) is 2.00. The summed E-state index contributed by atoms with van der Waals surface area (Å²) >= 11 is 0. The van der Waals surface area contributed by atoms with Crippen LogP contribution >= 0.6 is 0 Å². The molecule has 0 amide bonds. The van der Waals surface area contributed by atoms with E-state index in [1.807, 2.05) is 6.92 Å². The number of ether oxygens (including phenoxy) is 2. The lowest BCUT2D eigenvalue weighted by Crippen LogP contribution is -2.23. The molecular formula is C16H32O3. The van der Waals surface area contributed by atoms with Gasteiger partial charge in [-0.3, -0.25) is 0 Å². The Bertz CT molecular complexity index is 204. The second kappa shape index (κ2) is 13.9. The largest absolute Gasteiger partial charge is 0.464 e. The number of rotatable bonds is 13. The minimum Gasteiger partial charge on any atom is -0.464 e. The van der Waals surface area contributed by atoms with Crippen molar-refractivity contribution in [2.45, 2.75) is 84.7 Å². The van der Waals surface area contributed by atoms with Crippen LogP contribution in [0.25, 0.3) is 0 Å². The molecule has 0 aromatic carbocycles. The molecule has 1 atom stereocenters. The molecule has 1 unspecified atom stereocenters. The molecule has 0 saturated carbocycles. The van der Waals surface area contributed by atoms with E-state index in [0.717, 1.165) is 6.42 Å². The molecule has 3 heteroatoms. The van der Waals surface area contributed by atoms with Gasteiger partial charge in [-0.25, -0.2) is 4.79 Å². The van der Waals surface area contributed by atoms with Crippen LogP contribution in [0.3, 0.4) is 0 Å². The van der Waals surface area contributed by atoms with Gasteiger partial charge < -0.3 is 9.47 Å². The SMILES string of the molecule is CCCCCCCCCCCOC(C)C(=O)OCC. The van der Waals surface area contributed by atoms with Crippen LogP contribution in [0.1, 0.15) is 78.6 Å². The summed E-state index contributed by atoms with van der Waals surface area (Å²) in [5.41, 5.74) is 0. The lowest BCUT2D eigenvalue weighted by Gasteiger charge is -2.11. The zero-order valence-electron chi connectivity index (χ0n) is 13.1. The molecule has 3 nitrogen and oxygen atoms in total.